The summed E-state index contributed by atoms with van der Waals surface area (Å²) >= 11 is 0. The third kappa shape index (κ3) is 2.97. The van der Waals surface area contributed by atoms with Gasteiger partial charge in [-0.05, 0) is 12.1 Å². The van der Waals surface area contributed by atoms with Gasteiger partial charge < -0.3 is 0 Å². The molecule has 2 aromatic rings. The van der Waals surface area contributed by atoms with Crippen LogP contribution >= 0.6 is 7.72 Å². The largest absolute Gasteiger partial charge is 0.457 e. The normalized spacial score (nSPS) is 26.3. The van der Waals surface area contributed by atoms with Crippen molar-refractivity contribution in [3.63, 3.8) is 0 Å². The monoisotopic (exact) mass is 565 g/mol. The highest BCUT2D eigenvalue weighted by atomic mass is 31.2. The quantitative estimate of drug-likeness (QED) is 0.279. The van der Waals surface area contributed by atoms with Crippen LogP contribution in [0.3, 0.4) is 0 Å². The highest BCUT2D eigenvalue weighted by molar-refractivity contribution is 7.82. The molecule has 1 unspecified atom stereocenters. The second kappa shape index (κ2) is 7.22. The first-order chi connectivity index (χ1) is 16.1. The number of rotatable bonds is 1. The molecule has 198 valence electrons. The first-order valence-corrected chi connectivity index (χ1v) is 10.9. The Hall–Kier alpha value is -2.19. The van der Waals surface area contributed by atoms with Crippen molar-refractivity contribution in [3.8, 4) is 0 Å². The third-order valence-corrected chi connectivity index (χ3v) is 8.84. The molecule has 0 radical (unpaired) electrons. The van der Waals surface area contributed by atoms with E-state index in [2.05, 4.69) is 9.05 Å². The summed E-state index contributed by atoms with van der Waals surface area (Å²) in [6, 6.07) is 3.62. The molecule has 4 rings (SSSR count). The van der Waals surface area contributed by atoms with E-state index >= 15 is 0 Å². The second-order valence-electron chi connectivity index (χ2n) is 7.70. The Balaban J connectivity index is 2.17. The van der Waals surface area contributed by atoms with E-state index in [4.69, 9.17) is 0 Å². The number of alkyl halides is 14. The molecule has 1 spiro atoms. The van der Waals surface area contributed by atoms with Crippen molar-refractivity contribution < 1.29 is 70.5 Å². The molecule has 0 saturated carbocycles. The topological polar surface area (TPSA) is 18.5 Å². The van der Waals surface area contributed by atoms with Gasteiger partial charge in [0.2, 0.25) is 0 Å². The standard InChI is InChI=1S/C19H8F14O2P/c20-15(21,19(31,32)33)13(16(22,23)24)9-5-1-3-7-11(9)36(34-13)12-8-4-2-6-10(12)14(35-36,17(25,26)27)18(28,29)30/h1-8H/q+1/t13-,36?/m0/s1. The molecule has 0 saturated heterocycles. The lowest BCUT2D eigenvalue weighted by molar-refractivity contribution is -0.402. The summed E-state index contributed by atoms with van der Waals surface area (Å²) in [4.78, 5) is 0. The molecule has 0 aromatic heterocycles. The lowest BCUT2D eigenvalue weighted by Gasteiger charge is -2.37. The van der Waals surface area contributed by atoms with Crippen molar-refractivity contribution in [2.45, 2.75) is 41.8 Å². The van der Waals surface area contributed by atoms with E-state index < -0.39 is 71.3 Å². The molecule has 17 heteroatoms. The number of hydrogen-bond acceptors (Lipinski definition) is 2. The fourth-order valence-corrected chi connectivity index (χ4v) is 8.01. The Bertz CT molecular complexity index is 1180. The SMILES string of the molecule is FC(F)(F)C1(C(F)(F)F)O[P+]2(O[C@](C(F)(F)F)(C(F)(F)C(F)(F)F)c3ccccc32)c2ccccc21. The first kappa shape index (κ1) is 26.9. The van der Waals surface area contributed by atoms with Gasteiger partial charge in [0.05, 0.1) is 11.1 Å². The average molecular weight is 565 g/mol. The molecule has 2 aliphatic rings. The van der Waals surface area contributed by atoms with E-state index in [0.29, 0.717) is 24.3 Å². The Morgan fingerprint density at radius 2 is 0.833 bits per heavy atom. The number of benzene rings is 2. The molecule has 2 aliphatic heterocycles. The van der Waals surface area contributed by atoms with Crippen LogP contribution in [0.1, 0.15) is 11.1 Å². The van der Waals surface area contributed by atoms with Crippen LogP contribution in [-0.4, -0.2) is 30.6 Å². The van der Waals surface area contributed by atoms with E-state index in [-0.39, 0.29) is 12.1 Å². The lowest BCUT2D eigenvalue weighted by Crippen LogP contribution is -2.62. The van der Waals surface area contributed by atoms with Crippen LogP contribution in [0, 0.1) is 0 Å². The minimum absolute atomic E-state index is 0.0599. The van der Waals surface area contributed by atoms with Gasteiger partial charge in [-0.2, -0.15) is 70.5 Å². The lowest BCUT2D eigenvalue weighted by atomic mass is 9.86. The van der Waals surface area contributed by atoms with E-state index in [0.717, 1.165) is 12.1 Å². The molecular weight excluding hydrogens is 557 g/mol. The summed E-state index contributed by atoms with van der Waals surface area (Å²) in [6.45, 7) is 0. The zero-order chi connectivity index (χ0) is 27.4. The van der Waals surface area contributed by atoms with Crippen molar-refractivity contribution in [3.05, 3.63) is 59.7 Å². The molecule has 36 heavy (non-hydrogen) atoms. The van der Waals surface area contributed by atoms with Crippen LogP contribution in [0.2, 0.25) is 0 Å². The van der Waals surface area contributed by atoms with E-state index in [1.807, 2.05) is 0 Å². The molecule has 0 N–H and O–H groups in total. The summed E-state index contributed by atoms with van der Waals surface area (Å²) in [6.07, 6.45) is -26.6. The number of hydrogen-bond donors (Lipinski definition) is 0. The van der Waals surface area contributed by atoms with Crippen LogP contribution in [0.4, 0.5) is 61.5 Å². The minimum atomic E-state index is -7.01. The zero-order valence-corrected chi connectivity index (χ0v) is 17.6. The Kier molecular flexibility index (Phi) is 5.39. The van der Waals surface area contributed by atoms with Gasteiger partial charge in [-0.3, -0.25) is 0 Å². The predicted octanol–water partition coefficient (Wildman–Crippen LogP) is 6.82. The van der Waals surface area contributed by atoms with Crippen molar-refractivity contribution in [2.75, 3.05) is 0 Å². The summed E-state index contributed by atoms with van der Waals surface area (Å²) < 4.78 is 205. The molecule has 2 heterocycles. The highest BCUT2D eigenvalue weighted by Crippen LogP contribution is 2.81. The number of halogens is 14. The van der Waals surface area contributed by atoms with Crippen LogP contribution in [0.25, 0.3) is 0 Å². The minimum Gasteiger partial charge on any atom is -0.192 e. The number of fused-ring (bicyclic) bond motifs is 4. The van der Waals surface area contributed by atoms with E-state index in [9.17, 15) is 61.5 Å². The Morgan fingerprint density at radius 1 is 0.500 bits per heavy atom. The van der Waals surface area contributed by atoms with Gasteiger partial charge in [-0.25, -0.2) is 0 Å². The first-order valence-electron chi connectivity index (χ1n) is 9.27. The fraction of sp³-hybridized carbons (Fsp3) is 0.368. The van der Waals surface area contributed by atoms with Crippen molar-refractivity contribution in [1.29, 1.82) is 0 Å². The second-order valence-corrected chi connectivity index (χ2v) is 10.1. The van der Waals surface area contributed by atoms with Crippen LogP contribution in [0.5, 0.6) is 0 Å². The van der Waals surface area contributed by atoms with Gasteiger partial charge in [0, 0.05) is 0 Å². The molecule has 2 aromatic carbocycles. The average Bonchev–Trinajstić information content (AvgIpc) is 3.20. The van der Waals surface area contributed by atoms with Gasteiger partial charge in [-0.15, -0.1) is 0 Å². The maximum Gasteiger partial charge on any atom is 0.457 e. The maximum absolute atomic E-state index is 14.7. The maximum atomic E-state index is 14.7. The van der Waals surface area contributed by atoms with Crippen molar-refractivity contribution in [2.24, 2.45) is 0 Å². The van der Waals surface area contributed by atoms with Gasteiger partial charge >= 0.3 is 49.5 Å². The van der Waals surface area contributed by atoms with Crippen LogP contribution in [-0.2, 0) is 20.2 Å². The van der Waals surface area contributed by atoms with Gasteiger partial charge in [0.15, 0.2) is 10.6 Å². The van der Waals surface area contributed by atoms with Crippen LogP contribution < -0.4 is 10.6 Å². The molecule has 2 nitrogen and oxygen atoms in total. The molecule has 0 fully saturated rings. The van der Waals surface area contributed by atoms with E-state index in [1.54, 1.807) is 0 Å². The molecule has 0 bridgehead atoms. The smallest absolute Gasteiger partial charge is 0.192 e. The predicted molar refractivity (Wildman–Crippen MR) is 93.8 cm³/mol. The third-order valence-electron chi connectivity index (χ3n) is 5.73. The summed E-state index contributed by atoms with van der Waals surface area (Å²) in [5.74, 6) is -6.88. The van der Waals surface area contributed by atoms with Crippen molar-refractivity contribution >= 4 is 18.3 Å². The Labute approximate surface area is 191 Å². The summed E-state index contributed by atoms with van der Waals surface area (Å²) in [7, 11) is -5.82. The fourth-order valence-electron chi connectivity index (χ4n) is 4.26. The van der Waals surface area contributed by atoms with Crippen LogP contribution in [0.15, 0.2) is 48.5 Å². The summed E-state index contributed by atoms with van der Waals surface area (Å²) in [5.41, 5.74) is -15.0. The van der Waals surface area contributed by atoms with Crippen molar-refractivity contribution in [1.82, 2.24) is 0 Å². The van der Waals surface area contributed by atoms with Gasteiger partial charge in [0.1, 0.15) is 0 Å². The van der Waals surface area contributed by atoms with E-state index in [1.165, 1.54) is 0 Å². The Morgan fingerprint density at radius 3 is 1.19 bits per heavy atom. The molecule has 0 aliphatic carbocycles. The van der Waals surface area contributed by atoms with Gasteiger partial charge in [0.25, 0.3) is 0 Å². The highest BCUT2D eigenvalue weighted by Gasteiger charge is 2.93. The molecular formula is C19H8F14O2P+. The molecule has 0 amide bonds. The summed E-state index contributed by atoms with van der Waals surface area (Å²) in [5, 5.41) is -2.81. The van der Waals surface area contributed by atoms with Gasteiger partial charge in [-0.1, -0.05) is 36.4 Å². The zero-order valence-electron chi connectivity index (χ0n) is 16.7. The molecule has 2 atom stereocenters.